The minimum absolute atomic E-state index is 0.0659. The Hall–Kier alpha value is -2.26. The van der Waals surface area contributed by atoms with Gasteiger partial charge in [0.25, 0.3) is 11.8 Å². The van der Waals surface area contributed by atoms with Gasteiger partial charge in [-0.25, -0.2) is 0 Å². The molecule has 140 valence electrons. The molecule has 4 rings (SSSR count). The Balaban J connectivity index is 1.37. The van der Waals surface area contributed by atoms with Crippen LogP contribution in [0, 0.1) is 0 Å². The van der Waals surface area contributed by atoms with Gasteiger partial charge in [-0.05, 0) is 25.0 Å². The molecule has 7 nitrogen and oxygen atoms in total. The monoisotopic (exact) mass is 402 g/mol. The fourth-order valence-corrected chi connectivity index (χ4v) is 4.92. The van der Waals surface area contributed by atoms with Crippen molar-refractivity contribution in [3.63, 3.8) is 0 Å². The Labute approximate surface area is 164 Å². The van der Waals surface area contributed by atoms with E-state index in [4.69, 9.17) is 0 Å². The van der Waals surface area contributed by atoms with Gasteiger partial charge >= 0.3 is 0 Å². The Morgan fingerprint density at radius 3 is 2.48 bits per heavy atom. The summed E-state index contributed by atoms with van der Waals surface area (Å²) in [6.07, 6.45) is 2.46. The van der Waals surface area contributed by atoms with Crippen LogP contribution in [0.1, 0.15) is 46.9 Å². The maximum Gasteiger partial charge on any atom is 0.261 e. The summed E-state index contributed by atoms with van der Waals surface area (Å²) in [6, 6.07) is 7.12. The first-order valence-corrected chi connectivity index (χ1v) is 10.6. The van der Waals surface area contributed by atoms with E-state index in [1.54, 1.807) is 29.2 Å². The van der Waals surface area contributed by atoms with Crippen LogP contribution < -0.4 is 4.90 Å². The summed E-state index contributed by atoms with van der Waals surface area (Å²) < 4.78 is 0.733. The van der Waals surface area contributed by atoms with Crippen molar-refractivity contribution < 1.29 is 14.4 Å². The number of rotatable bonds is 7. The maximum absolute atomic E-state index is 12.4. The predicted octanol–water partition coefficient (Wildman–Crippen LogP) is 2.83. The molecule has 1 aromatic carbocycles. The minimum Gasteiger partial charge on any atom is -0.284 e. The van der Waals surface area contributed by atoms with Crippen molar-refractivity contribution in [3.05, 3.63) is 35.4 Å². The summed E-state index contributed by atoms with van der Waals surface area (Å²) in [5, 5.41) is 8.95. The normalized spacial score (nSPS) is 16.0. The number of nitrogens with zero attached hydrogens (tertiary/aromatic N) is 4. The van der Waals surface area contributed by atoms with E-state index in [1.807, 2.05) is 6.92 Å². The van der Waals surface area contributed by atoms with Gasteiger partial charge in [0.1, 0.15) is 0 Å². The molecule has 1 fully saturated rings. The number of aromatic nitrogens is 2. The number of carbonyl (C=O) groups excluding carboxylic acids is 3. The lowest BCUT2D eigenvalue weighted by molar-refractivity contribution is -0.118. The van der Waals surface area contributed by atoms with Crippen molar-refractivity contribution in [1.82, 2.24) is 15.1 Å². The van der Waals surface area contributed by atoms with Crippen LogP contribution in [-0.4, -0.2) is 51.2 Å². The zero-order chi connectivity index (χ0) is 19.0. The molecular formula is C18H18N4O3S2. The van der Waals surface area contributed by atoms with Crippen LogP contribution in [0.2, 0.25) is 0 Å². The molecule has 1 aliphatic carbocycles. The molecule has 1 aliphatic heterocycles. The van der Waals surface area contributed by atoms with E-state index in [0.717, 1.165) is 17.2 Å². The van der Waals surface area contributed by atoms with E-state index in [-0.39, 0.29) is 23.8 Å². The number of anilines is 1. The molecule has 0 N–H and O–H groups in total. The van der Waals surface area contributed by atoms with Crippen molar-refractivity contribution in [1.29, 1.82) is 0 Å². The molecule has 0 spiro atoms. The van der Waals surface area contributed by atoms with E-state index in [1.165, 1.54) is 28.0 Å². The SMILES string of the molecule is CCC(=O)N(c1nnc(SCCN2C(=O)c3ccccc3C2=O)s1)C1CC1. The second-order valence-electron chi connectivity index (χ2n) is 6.36. The highest BCUT2D eigenvalue weighted by Gasteiger charge is 2.36. The van der Waals surface area contributed by atoms with Gasteiger partial charge in [0.05, 0.1) is 11.1 Å². The molecule has 0 atom stereocenters. The lowest BCUT2D eigenvalue weighted by atomic mass is 10.1. The topological polar surface area (TPSA) is 83.5 Å². The lowest BCUT2D eigenvalue weighted by Gasteiger charge is -2.17. The highest BCUT2D eigenvalue weighted by Crippen LogP contribution is 2.36. The van der Waals surface area contributed by atoms with Gasteiger partial charge in [-0.3, -0.25) is 24.2 Å². The van der Waals surface area contributed by atoms with Crippen LogP contribution in [0.15, 0.2) is 28.6 Å². The van der Waals surface area contributed by atoms with Gasteiger partial charge in [0, 0.05) is 24.8 Å². The van der Waals surface area contributed by atoms with E-state index < -0.39 is 0 Å². The van der Waals surface area contributed by atoms with Crippen LogP contribution in [0.3, 0.4) is 0 Å². The van der Waals surface area contributed by atoms with E-state index >= 15 is 0 Å². The standard InChI is InChI=1S/C18H18N4O3S2/c1-2-14(23)22(11-7-8-11)17-19-20-18(27-17)26-10-9-21-15(24)12-5-3-4-6-13(12)16(21)25/h3-6,11H,2,7-10H2,1H3. The lowest BCUT2D eigenvalue weighted by Crippen LogP contribution is -2.32. The highest BCUT2D eigenvalue weighted by molar-refractivity contribution is 8.01. The molecule has 0 bridgehead atoms. The van der Waals surface area contributed by atoms with Crippen LogP contribution >= 0.6 is 23.1 Å². The van der Waals surface area contributed by atoms with Gasteiger partial charge in [-0.1, -0.05) is 42.2 Å². The number of imide groups is 1. The smallest absolute Gasteiger partial charge is 0.261 e. The van der Waals surface area contributed by atoms with Gasteiger partial charge < -0.3 is 0 Å². The molecule has 9 heteroatoms. The van der Waals surface area contributed by atoms with E-state index in [0.29, 0.717) is 35.0 Å². The summed E-state index contributed by atoms with van der Waals surface area (Å²) in [7, 11) is 0. The average molecular weight is 403 g/mol. The molecule has 3 amide bonds. The van der Waals surface area contributed by atoms with Crippen molar-refractivity contribution in [2.75, 3.05) is 17.2 Å². The van der Waals surface area contributed by atoms with Crippen LogP contribution in [0.5, 0.6) is 0 Å². The van der Waals surface area contributed by atoms with Crippen LogP contribution in [0.4, 0.5) is 5.13 Å². The average Bonchev–Trinajstić information content (AvgIpc) is 3.36. The molecule has 2 aliphatic rings. The summed E-state index contributed by atoms with van der Waals surface area (Å²) in [4.78, 5) is 39.9. The number of hydrogen-bond acceptors (Lipinski definition) is 7. The van der Waals surface area contributed by atoms with Gasteiger partial charge in [-0.15, -0.1) is 10.2 Å². The zero-order valence-electron chi connectivity index (χ0n) is 14.8. The molecule has 0 saturated heterocycles. The van der Waals surface area contributed by atoms with Gasteiger partial charge in [0.15, 0.2) is 4.34 Å². The van der Waals surface area contributed by atoms with E-state index in [9.17, 15) is 14.4 Å². The van der Waals surface area contributed by atoms with Crippen molar-refractivity contribution in [2.45, 2.75) is 36.6 Å². The third-order valence-electron chi connectivity index (χ3n) is 4.50. The molecule has 1 aromatic heterocycles. The van der Waals surface area contributed by atoms with Crippen LogP contribution in [0.25, 0.3) is 0 Å². The first-order chi connectivity index (χ1) is 13.1. The molecule has 27 heavy (non-hydrogen) atoms. The van der Waals surface area contributed by atoms with Gasteiger partial charge in [-0.2, -0.15) is 0 Å². The highest BCUT2D eigenvalue weighted by atomic mass is 32.2. The van der Waals surface area contributed by atoms with Gasteiger partial charge in [0.2, 0.25) is 11.0 Å². The Bertz CT molecular complexity index is 875. The number of benzene rings is 1. The number of carbonyl (C=O) groups is 3. The summed E-state index contributed by atoms with van der Waals surface area (Å²) in [5.41, 5.74) is 0.924. The van der Waals surface area contributed by atoms with E-state index in [2.05, 4.69) is 10.2 Å². The molecule has 2 heterocycles. The molecule has 2 aromatic rings. The largest absolute Gasteiger partial charge is 0.284 e. The van der Waals surface area contributed by atoms with Crippen molar-refractivity contribution >= 4 is 46.0 Å². The van der Waals surface area contributed by atoms with Crippen molar-refractivity contribution in [2.24, 2.45) is 0 Å². The zero-order valence-corrected chi connectivity index (χ0v) is 16.4. The maximum atomic E-state index is 12.4. The van der Waals surface area contributed by atoms with Crippen molar-refractivity contribution in [3.8, 4) is 0 Å². The predicted molar refractivity (Wildman–Crippen MR) is 103 cm³/mol. The summed E-state index contributed by atoms with van der Waals surface area (Å²) in [6.45, 7) is 2.16. The quantitative estimate of drug-likeness (QED) is 0.402. The molecule has 0 unspecified atom stereocenters. The molecular weight excluding hydrogens is 384 g/mol. The Morgan fingerprint density at radius 2 is 1.89 bits per heavy atom. The number of hydrogen-bond donors (Lipinski definition) is 0. The minimum atomic E-state index is -0.248. The number of amides is 3. The summed E-state index contributed by atoms with van der Waals surface area (Å²) >= 11 is 2.82. The fourth-order valence-electron chi connectivity index (χ4n) is 2.99. The Kier molecular flexibility index (Phi) is 4.96. The first-order valence-electron chi connectivity index (χ1n) is 8.83. The number of thioether (sulfide) groups is 1. The first kappa shape index (κ1) is 18.1. The number of fused-ring (bicyclic) bond motifs is 1. The third-order valence-corrected chi connectivity index (χ3v) is 6.54. The second-order valence-corrected chi connectivity index (χ2v) is 8.65. The Morgan fingerprint density at radius 1 is 1.22 bits per heavy atom. The second kappa shape index (κ2) is 7.40. The summed E-state index contributed by atoms with van der Waals surface area (Å²) in [5.74, 6) is 0.104. The molecule has 0 radical (unpaired) electrons. The molecule has 1 saturated carbocycles. The third kappa shape index (κ3) is 3.49. The fraction of sp³-hybridized carbons (Fsp3) is 0.389. The van der Waals surface area contributed by atoms with Crippen LogP contribution in [-0.2, 0) is 4.79 Å².